The summed E-state index contributed by atoms with van der Waals surface area (Å²) in [5.74, 6) is 0.687. The average molecular weight is 343 g/mol. The molecular weight excluding hydrogens is 324 g/mol. The summed E-state index contributed by atoms with van der Waals surface area (Å²) in [5.41, 5.74) is 8.23. The lowest BCUT2D eigenvalue weighted by molar-refractivity contribution is -0.127. The van der Waals surface area contributed by atoms with Gasteiger partial charge in [-0.1, -0.05) is 15.9 Å². The van der Waals surface area contributed by atoms with Gasteiger partial charge in [0, 0.05) is 28.5 Å². The van der Waals surface area contributed by atoms with Gasteiger partial charge in [-0.3, -0.25) is 4.79 Å². The smallest absolute Gasteiger partial charge is 0.232 e. The number of likely N-dealkylation sites (tertiary alicyclic amines) is 1. The van der Waals surface area contributed by atoms with Gasteiger partial charge in [0.25, 0.3) is 0 Å². The Hall–Kier alpha value is -0.520. The number of nitrogens with zero attached hydrogens (tertiary/aromatic N) is 1. The molecule has 19 heavy (non-hydrogen) atoms. The van der Waals surface area contributed by atoms with Crippen LogP contribution < -0.4 is 5.73 Å². The van der Waals surface area contributed by atoms with Gasteiger partial charge < -0.3 is 10.6 Å². The van der Waals surface area contributed by atoms with Crippen LogP contribution >= 0.6 is 27.7 Å². The van der Waals surface area contributed by atoms with Crippen molar-refractivity contribution in [3.8, 4) is 0 Å². The second-order valence-electron chi connectivity index (χ2n) is 5.04. The SMILES string of the molecule is Cc1cc(SCC(=O)N2CC[C@@H](N)C2)c(C)cc1Br. The number of hydrogen-bond donors (Lipinski definition) is 1. The molecule has 2 rings (SSSR count). The van der Waals surface area contributed by atoms with Gasteiger partial charge in [0.15, 0.2) is 0 Å². The Morgan fingerprint density at radius 1 is 1.47 bits per heavy atom. The standard InChI is InChI=1S/C14H19BrN2OS/c1-9-6-13(10(2)5-12(9)15)19-8-14(18)17-4-3-11(16)7-17/h5-6,11H,3-4,7-8,16H2,1-2H3/t11-/m1/s1. The first-order chi connectivity index (χ1) is 8.97. The van der Waals surface area contributed by atoms with Crippen molar-refractivity contribution in [3.63, 3.8) is 0 Å². The molecule has 0 radical (unpaired) electrons. The van der Waals surface area contributed by atoms with Crippen LogP contribution in [0.15, 0.2) is 21.5 Å². The molecule has 1 heterocycles. The van der Waals surface area contributed by atoms with Gasteiger partial charge in [0.05, 0.1) is 5.75 Å². The Balaban J connectivity index is 1.95. The van der Waals surface area contributed by atoms with Crippen LogP contribution in [-0.2, 0) is 4.79 Å². The first kappa shape index (κ1) is 14.9. The van der Waals surface area contributed by atoms with E-state index in [0.717, 1.165) is 17.4 Å². The second kappa shape index (κ2) is 6.29. The quantitative estimate of drug-likeness (QED) is 0.859. The molecule has 0 aromatic heterocycles. The molecule has 3 nitrogen and oxygen atoms in total. The number of rotatable bonds is 3. The number of hydrogen-bond acceptors (Lipinski definition) is 3. The Labute approximate surface area is 127 Å². The van der Waals surface area contributed by atoms with Crippen LogP contribution in [0, 0.1) is 13.8 Å². The largest absolute Gasteiger partial charge is 0.340 e. The van der Waals surface area contributed by atoms with E-state index in [-0.39, 0.29) is 11.9 Å². The lowest BCUT2D eigenvalue weighted by Crippen LogP contribution is -2.33. The van der Waals surface area contributed by atoms with Crippen molar-refractivity contribution in [3.05, 3.63) is 27.7 Å². The molecule has 0 spiro atoms. The monoisotopic (exact) mass is 342 g/mol. The van der Waals surface area contributed by atoms with E-state index < -0.39 is 0 Å². The average Bonchev–Trinajstić information content (AvgIpc) is 2.78. The highest BCUT2D eigenvalue weighted by atomic mass is 79.9. The number of carbonyl (C=O) groups is 1. The minimum absolute atomic E-state index is 0.158. The molecule has 104 valence electrons. The van der Waals surface area contributed by atoms with Crippen LogP contribution in [-0.4, -0.2) is 35.7 Å². The van der Waals surface area contributed by atoms with Crippen molar-refractivity contribution >= 4 is 33.6 Å². The Bertz CT molecular complexity index is 493. The number of thioether (sulfide) groups is 1. The van der Waals surface area contributed by atoms with Crippen molar-refractivity contribution in [2.75, 3.05) is 18.8 Å². The number of nitrogens with two attached hydrogens (primary N) is 1. The highest BCUT2D eigenvalue weighted by Gasteiger charge is 2.23. The maximum Gasteiger partial charge on any atom is 0.232 e. The van der Waals surface area contributed by atoms with E-state index in [2.05, 4.69) is 41.9 Å². The van der Waals surface area contributed by atoms with Crippen LogP contribution in [0.3, 0.4) is 0 Å². The first-order valence-electron chi connectivity index (χ1n) is 6.40. The van der Waals surface area contributed by atoms with E-state index in [1.807, 2.05) is 4.90 Å². The van der Waals surface area contributed by atoms with E-state index in [1.165, 1.54) is 16.0 Å². The fourth-order valence-electron chi connectivity index (χ4n) is 2.15. The summed E-state index contributed by atoms with van der Waals surface area (Å²) in [4.78, 5) is 15.1. The van der Waals surface area contributed by atoms with Crippen LogP contribution in [0.25, 0.3) is 0 Å². The van der Waals surface area contributed by atoms with E-state index in [9.17, 15) is 4.79 Å². The topological polar surface area (TPSA) is 46.3 Å². The zero-order valence-corrected chi connectivity index (χ0v) is 13.7. The van der Waals surface area contributed by atoms with Crippen LogP contribution in [0.2, 0.25) is 0 Å². The highest BCUT2D eigenvalue weighted by Crippen LogP contribution is 2.28. The molecule has 1 aromatic rings. The molecule has 1 aliphatic heterocycles. The van der Waals surface area contributed by atoms with Crippen molar-refractivity contribution in [1.29, 1.82) is 0 Å². The zero-order valence-electron chi connectivity index (χ0n) is 11.3. The van der Waals surface area contributed by atoms with Crippen molar-refractivity contribution < 1.29 is 4.79 Å². The predicted molar refractivity (Wildman–Crippen MR) is 83.5 cm³/mol. The number of benzene rings is 1. The third-order valence-corrected chi connectivity index (χ3v) is 5.38. The molecule has 1 aromatic carbocycles. The summed E-state index contributed by atoms with van der Waals surface area (Å²) in [6, 6.07) is 4.40. The van der Waals surface area contributed by atoms with Gasteiger partial charge in [0.1, 0.15) is 0 Å². The van der Waals surface area contributed by atoms with Crippen molar-refractivity contribution in [2.24, 2.45) is 5.73 Å². The Morgan fingerprint density at radius 2 is 2.21 bits per heavy atom. The van der Waals surface area contributed by atoms with Crippen molar-refractivity contribution in [1.82, 2.24) is 4.90 Å². The molecule has 2 N–H and O–H groups in total. The normalized spacial score (nSPS) is 18.9. The van der Waals surface area contributed by atoms with E-state index in [4.69, 9.17) is 5.73 Å². The predicted octanol–water partition coefficient (Wildman–Crippen LogP) is 2.72. The van der Waals surface area contributed by atoms with Crippen LogP contribution in [0.1, 0.15) is 17.5 Å². The summed E-state index contributed by atoms with van der Waals surface area (Å²) in [5, 5.41) is 0. The van der Waals surface area contributed by atoms with Gasteiger partial charge in [-0.05, 0) is 43.5 Å². The van der Waals surface area contributed by atoms with Gasteiger partial charge in [0.2, 0.25) is 5.91 Å². The highest BCUT2D eigenvalue weighted by molar-refractivity contribution is 9.10. The third-order valence-electron chi connectivity index (χ3n) is 3.38. The zero-order chi connectivity index (χ0) is 14.0. The number of amides is 1. The van der Waals surface area contributed by atoms with Gasteiger partial charge >= 0.3 is 0 Å². The maximum absolute atomic E-state index is 12.1. The summed E-state index contributed by atoms with van der Waals surface area (Å²) >= 11 is 5.14. The molecule has 1 amide bonds. The minimum atomic E-state index is 0.158. The van der Waals surface area contributed by atoms with Crippen LogP contribution in [0.4, 0.5) is 0 Å². The maximum atomic E-state index is 12.1. The fraction of sp³-hybridized carbons (Fsp3) is 0.500. The number of carbonyl (C=O) groups excluding carboxylic acids is 1. The molecule has 1 aliphatic rings. The van der Waals surface area contributed by atoms with Gasteiger partial charge in [-0.25, -0.2) is 0 Å². The second-order valence-corrected chi connectivity index (χ2v) is 6.92. The Kier molecular flexibility index (Phi) is 4.92. The summed E-state index contributed by atoms with van der Waals surface area (Å²) < 4.78 is 1.12. The lowest BCUT2D eigenvalue weighted by Gasteiger charge is -2.16. The summed E-state index contributed by atoms with van der Waals surface area (Å²) in [6.07, 6.45) is 0.923. The molecule has 0 unspecified atom stereocenters. The molecule has 1 fully saturated rings. The molecule has 0 saturated carbocycles. The third kappa shape index (κ3) is 3.74. The van der Waals surface area contributed by atoms with Crippen molar-refractivity contribution in [2.45, 2.75) is 31.2 Å². The van der Waals surface area contributed by atoms with E-state index in [1.54, 1.807) is 11.8 Å². The molecule has 5 heteroatoms. The molecule has 0 bridgehead atoms. The molecule has 1 atom stereocenters. The number of halogens is 1. The van der Waals surface area contributed by atoms with E-state index in [0.29, 0.717) is 12.3 Å². The van der Waals surface area contributed by atoms with Crippen LogP contribution in [0.5, 0.6) is 0 Å². The Morgan fingerprint density at radius 3 is 2.84 bits per heavy atom. The lowest BCUT2D eigenvalue weighted by atomic mass is 10.2. The van der Waals surface area contributed by atoms with Gasteiger partial charge in [-0.15, -0.1) is 11.8 Å². The fourth-order valence-corrected chi connectivity index (χ4v) is 3.62. The molecule has 0 aliphatic carbocycles. The molecular formula is C14H19BrN2OS. The summed E-state index contributed by atoms with van der Waals surface area (Å²) in [7, 11) is 0. The first-order valence-corrected chi connectivity index (χ1v) is 8.18. The summed E-state index contributed by atoms with van der Waals surface area (Å²) in [6.45, 7) is 5.65. The number of aryl methyl sites for hydroxylation is 2. The minimum Gasteiger partial charge on any atom is -0.340 e. The van der Waals surface area contributed by atoms with E-state index >= 15 is 0 Å². The van der Waals surface area contributed by atoms with Gasteiger partial charge in [-0.2, -0.15) is 0 Å². The molecule has 1 saturated heterocycles.